The van der Waals surface area contributed by atoms with Crippen molar-refractivity contribution in [3.63, 3.8) is 0 Å². The Morgan fingerprint density at radius 2 is 2.13 bits per heavy atom. The summed E-state index contributed by atoms with van der Waals surface area (Å²) in [4.78, 5) is 22.3. The van der Waals surface area contributed by atoms with Crippen LogP contribution >= 0.6 is 0 Å². The molecule has 1 rings (SSSR count). The number of carbonyl (C=O) groups is 2. The molecule has 1 atom stereocenters. The second kappa shape index (κ2) is 3.88. The predicted molar refractivity (Wildman–Crippen MR) is 55.9 cm³/mol. The SMILES string of the molecule is CC(C)(C)C=C1C=CNC(=O)C1C(=O)O. The molecular formula is C11H15NO3. The van der Waals surface area contributed by atoms with Gasteiger partial charge >= 0.3 is 5.97 Å². The van der Waals surface area contributed by atoms with Crippen LogP contribution in [0.25, 0.3) is 0 Å². The summed E-state index contributed by atoms with van der Waals surface area (Å²) in [6, 6.07) is 0. The maximum atomic E-state index is 11.3. The van der Waals surface area contributed by atoms with Gasteiger partial charge in [0.25, 0.3) is 0 Å². The van der Waals surface area contributed by atoms with Gasteiger partial charge in [0.2, 0.25) is 5.91 Å². The van der Waals surface area contributed by atoms with Crippen molar-refractivity contribution in [1.29, 1.82) is 0 Å². The Bertz CT molecular complexity index is 347. The summed E-state index contributed by atoms with van der Waals surface area (Å²) in [5.41, 5.74) is 0.393. The molecule has 0 spiro atoms. The van der Waals surface area contributed by atoms with Crippen molar-refractivity contribution in [2.24, 2.45) is 11.3 Å². The smallest absolute Gasteiger partial charge is 0.320 e. The summed E-state index contributed by atoms with van der Waals surface area (Å²) in [7, 11) is 0. The molecule has 0 aromatic carbocycles. The average molecular weight is 209 g/mol. The first-order chi connectivity index (χ1) is 6.81. The van der Waals surface area contributed by atoms with E-state index < -0.39 is 17.8 Å². The topological polar surface area (TPSA) is 66.4 Å². The molecule has 4 nitrogen and oxygen atoms in total. The molecule has 15 heavy (non-hydrogen) atoms. The van der Waals surface area contributed by atoms with E-state index in [1.807, 2.05) is 20.8 Å². The Morgan fingerprint density at radius 3 is 2.60 bits per heavy atom. The number of rotatable bonds is 1. The molecule has 1 amide bonds. The van der Waals surface area contributed by atoms with Crippen LogP contribution in [0.5, 0.6) is 0 Å². The molecule has 0 bridgehead atoms. The van der Waals surface area contributed by atoms with Crippen molar-refractivity contribution in [2.75, 3.05) is 0 Å². The van der Waals surface area contributed by atoms with Gasteiger partial charge < -0.3 is 10.4 Å². The minimum absolute atomic E-state index is 0.148. The quantitative estimate of drug-likeness (QED) is 0.640. The summed E-state index contributed by atoms with van der Waals surface area (Å²) >= 11 is 0. The second-order valence-electron chi connectivity index (χ2n) is 4.62. The lowest BCUT2D eigenvalue weighted by atomic mass is 9.87. The number of carboxylic acid groups (broad SMARTS) is 1. The Morgan fingerprint density at radius 1 is 1.53 bits per heavy atom. The molecule has 1 unspecified atom stereocenters. The zero-order chi connectivity index (χ0) is 11.6. The number of carboxylic acids is 1. The third-order valence-electron chi connectivity index (χ3n) is 1.94. The number of hydrogen-bond donors (Lipinski definition) is 2. The average Bonchev–Trinajstić information content (AvgIpc) is 1.99. The van der Waals surface area contributed by atoms with E-state index in [1.54, 1.807) is 12.2 Å². The molecule has 1 aliphatic heterocycles. The van der Waals surface area contributed by atoms with Gasteiger partial charge in [0.15, 0.2) is 5.92 Å². The summed E-state index contributed by atoms with van der Waals surface area (Å²) < 4.78 is 0. The molecule has 0 aromatic heterocycles. The van der Waals surface area contributed by atoms with E-state index in [9.17, 15) is 9.59 Å². The molecule has 0 aromatic rings. The van der Waals surface area contributed by atoms with Gasteiger partial charge in [-0.1, -0.05) is 26.8 Å². The van der Waals surface area contributed by atoms with Crippen LogP contribution < -0.4 is 5.32 Å². The molecule has 0 fully saturated rings. The summed E-state index contributed by atoms with van der Waals surface area (Å²) in [5, 5.41) is 11.3. The number of aliphatic carboxylic acids is 1. The van der Waals surface area contributed by atoms with Gasteiger partial charge in [-0.05, 0) is 17.1 Å². The number of hydrogen-bond acceptors (Lipinski definition) is 2. The largest absolute Gasteiger partial charge is 0.480 e. The third-order valence-corrected chi connectivity index (χ3v) is 1.94. The minimum Gasteiger partial charge on any atom is -0.480 e. The fourth-order valence-electron chi connectivity index (χ4n) is 1.44. The van der Waals surface area contributed by atoms with Crippen LogP contribution in [0, 0.1) is 11.3 Å². The van der Waals surface area contributed by atoms with Crippen molar-refractivity contribution < 1.29 is 14.7 Å². The van der Waals surface area contributed by atoms with Crippen LogP contribution in [-0.4, -0.2) is 17.0 Å². The third kappa shape index (κ3) is 2.94. The molecule has 2 N–H and O–H groups in total. The van der Waals surface area contributed by atoms with Crippen LogP contribution in [0.4, 0.5) is 0 Å². The first-order valence-electron chi connectivity index (χ1n) is 4.74. The Labute approximate surface area is 88.7 Å². The van der Waals surface area contributed by atoms with E-state index in [-0.39, 0.29) is 5.41 Å². The Kier molecular flexibility index (Phi) is 2.98. The maximum Gasteiger partial charge on any atom is 0.320 e. The van der Waals surface area contributed by atoms with Crippen molar-refractivity contribution in [1.82, 2.24) is 5.32 Å². The summed E-state index contributed by atoms with van der Waals surface area (Å²) in [5.74, 6) is -2.69. The minimum atomic E-state index is -1.12. The zero-order valence-corrected chi connectivity index (χ0v) is 9.07. The molecule has 4 heteroatoms. The number of amides is 1. The normalized spacial score (nSPS) is 24.1. The Hall–Kier alpha value is -1.58. The molecule has 0 saturated carbocycles. The van der Waals surface area contributed by atoms with E-state index in [1.165, 1.54) is 6.20 Å². The van der Waals surface area contributed by atoms with Gasteiger partial charge in [-0.15, -0.1) is 0 Å². The summed E-state index contributed by atoms with van der Waals surface area (Å²) in [6.45, 7) is 5.87. The lowest BCUT2D eigenvalue weighted by molar-refractivity contribution is -0.145. The standard InChI is InChI=1S/C11H15NO3/c1-11(2,3)6-7-4-5-12-9(13)8(7)10(14)15/h4-6,8H,1-3H3,(H,12,13)(H,14,15). The molecular weight excluding hydrogens is 194 g/mol. The summed E-state index contributed by atoms with van der Waals surface area (Å²) in [6.07, 6.45) is 4.91. The molecule has 0 radical (unpaired) electrons. The monoisotopic (exact) mass is 209 g/mol. The van der Waals surface area contributed by atoms with Gasteiger partial charge in [-0.2, -0.15) is 0 Å². The van der Waals surface area contributed by atoms with Gasteiger partial charge in [-0.3, -0.25) is 9.59 Å². The van der Waals surface area contributed by atoms with Crippen molar-refractivity contribution in [3.05, 3.63) is 23.9 Å². The first kappa shape index (κ1) is 11.5. The number of nitrogens with one attached hydrogen (secondary N) is 1. The Balaban J connectivity index is 3.10. The molecule has 0 saturated heterocycles. The van der Waals surface area contributed by atoms with E-state index in [0.29, 0.717) is 5.57 Å². The van der Waals surface area contributed by atoms with Crippen molar-refractivity contribution in [3.8, 4) is 0 Å². The highest BCUT2D eigenvalue weighted by Gasteiger charge is 2.31. The highest BCUT2D eigenvalue weighted by molar-refractivity contribution is 6.02. The fraction of sp³-hybridized carbons (Fsp3) is 0.455. The van der Waals surface area contributed by atoms with Gasteiger partial charge in [0, 0.05) is 6.20 Å². The highest BCUT2D eigenvalue weighted by atomic mass is 16.4. The highest BCUT2D eigenvalue weighted by Crippen LogP contribution is 2.24. The molecule has 1 heterocycles. The zero-order valence-electron chi connectivity index (χ0n) is 9.07. The van der Waals surface area contributed by atoms with Gasteiger partial charge in [-0.25, -0.2) is 0 Å². The van der Waals surface area contributed by atoms with Crippen LogP contribution in [0.3, 0.4) is 0 Å². The lowest BCUT2D eigenvalue weighted by Gasteiger charge is -2.21. The first-order valence-corrected chi connectivity index (χ1v) is 4.74. The van der Waals surface area contributed by atoms with Crippen molar-refractivity contribution >= 4 is 11.9 Å². The molecule has 1 aliphatic rings. The lowest BCUT2D eigenvalue weighted by Crippen LogP contribution is -2.36. The van der Waals surface area contributed by atoms with Crippen LogP contribution in [0.1, 0.15) is 20.8 Å². The van der Waals surface area contributed by atoms with Crippen LogP contribution in [0.2, 0.25) is 0 Å². The molecule has 0 aliphatic carbocycles. The predicted octanol–water partition coefficient (Wildman–Crippen LogP) is 1.30. The maximum absolute atomic E-state index is 11.3. The van der Waals surface area contributed by atoms with E-state index in [4.69, 9.17) is 5.11 Å². The van der Waals surface area contributed by atoms with Crippen molar-refractivity contribution in [2.45, 2.75) is 20.8 Å². The van der Waals surface area contributed by atoms with Gasteiger partial charge in [0.05, 0.1) is 0 Å². The fourth-order valence-corrected chi connectivity index (χ4v) is 1.44. The van der Waals surface area contributed by atoms with Crippen LogP contribution in [-0.2, 0) is 9.59 Å². The van der Waals surface area contributed by atoms with E-state index in [0.717, 1.165) is 0 Å². The second-order valence-corrected chi connectivity index (χ2v) is 4.62. The molecule has 82 valence electrons. The van der Waals surface area contributed by atoms with E-state index in [2.05, 4.69) is 5.32 Å². The number of allylic oxidation sites excluding steroid dienone is 2. The van der Waals surface area contributed by atoms with Crippen LogP contribution in [0.15, 0.2) is 23.9 Å². The van der Waals surface area contributed by atoms with E-state index >= 15 is 0 Å². The number of carbonyl (C=O) groups excluding carboxylic acids is 1. The van der Waals surface area contributed by atoms with Gasteiger partial charge in [0.1, 0.15) is 0 Å².